The molecule has 23 heavy (non-hydrogen) atoms. The number of nitrogens with two attached hydrogens (primary N) is 1. The number of hydrogen-bond donors (Lipinski definition) is 1. The zero-order chi connectivity index (χ0) is 16.0. The molecule has 2 saturated carbocycles. The average molecular weight is 318 g/mol. The quantitative estimate of drug-likeness (QED) is 0.903. The van der Waals surface area contributed by atoms with Gasteiger partial charge in [-0.05, 0) is 50.4 Å². The molecule has 1 aromatic rings. The number of aromatic nitrogens is 2. The Kier molecular flexibility index (Phi) is 3.87. The van der Waals surface area contributed by atoms with Gasteiger partial charge < -0.3 is 15.2 Å². The summed E-state index contributed by atoms with van der Waals surface area (Å²) >= 11 is 0. The van der Waals surface area contributed by atoms with Gasteiger partial charge in [0.25, 0.3) is 0 Å². The summed E-state index contributed by atoms with van der Waals surface area (Å²) in [5, 5.41) is 4.04. The van der Waals surface area contributed by atoms with E-state index in [9.17, 15) is 4.79 Å². The molecule has 4 rings (SSSR count). The number of carbonyl (C=O) groups is 1. The van der Waals surface area contributed by atoms with E-state index in [1.807, 2.05) is 4.90 Å². The van der Waals surface area contributed by atoms with Crippen molar-refractivity contribution in [2.45, 2.75) is 64.0 Å². The van der Waals surface area contributed by atoms with E-state index in [1.165, 1.54) is 19.3 Å². The Hall–Kier alpha value is -1.43. The number of likely N-dealkylation sites (tertiary alicyclic amines) is 1. The predicted molar refractivity (Wildman–Crippen MR) is 84.3 cm³/mol. The first kappa shape index (κ1) is 15.1. The Balaban J connectivity index is 1.50. The van der Waals surface area contributed by atoms with E-state index < -0.39 is 0 Å². The second-order valence-corrected chi connectivity index (χ2v) is 7.56. The third-order valence-electron chi connectivity index (χ3n) is 6.14. The second-order valence-electron chi connectivity index (χ2n) is 7.56. The van der Waals surface area contributed by atoms with Crippen LogP contribution in [0.5, 0.6) is 0 Å². The molecular weight excluding hydrogens is 292 g/mol. The van der Waals surface area contributed by atoms with Crippen molar-refractivity contribution in [3.05, 3.63) is 11.7 Å². The van der Waals surface area contributed by atoms with Crippen LogP contribution in [-0.2, 0) is 4.79 Å². The van der Waals surface area contributed by atoms with E-state index in [4.69, 9.17) is 10.3 Å². The highest BCUT2D eigenvalue weighted by Crippen LogP contribution is 2.43. The smallest absolute Gasteiger partial charge is 0.226 e. The van der Waals surface area contributed by atoms with Gasteiger partial charge in [-0.1, -0.05) is 11.6 Å². The highest BCUT2D eigenvalue weighted by Gasteiger charge is 2.44. The van der Waals surface area contributed by atoms with Crippen LogP contribution < -0.4 is 5.73 Å². The molecule has 0 spiro atoms. The number of fused-ring (bicyclic) bond motifs is 2. The van der Waals surface area contributed by atoms with Crippen molar-refractivity contribution in [2.24, 2.45) is 23.5 Å². The van der Waals surface area contributed by atoms with Crippen molar-refractivity contribution in [3.8, 4) is 0 Å². The van der Waals surface area contributed by atoms with Crippen LogP contribution in [0.25, 0.3) is 0 Å². The van der Waals surface area contributed by atoms with Gasteiger partial charge in [0, 0.05) is 25.4 Å². The van der Waals surface area contributed by atoms with E-state index >= 15 is 0 Å². The molecule has 2 heterocycles. The zero-order valence-electron chi connectivity index (χ0n) is 13.8. The summed E-state index contributed by atoms with van der Waals surface area (Å²) in [6, 6.07) is 0.303. The zero-order valence-corrected chi connectivity index (χ0v) is 13.8. The number of aryl methyl sites for hydroxylation is 1. The lowest BCUT2D eigenvalue weighted by molar-refractivity contribution is -0.139. The van der Waals surface area contributed by atoms with Crippen molar-refractivity contribution in [3.63, 3.8) is 0 Å². The highest BCUT2D eigenvalue weighted by molar-refractivity contribution is 5.79. The van der Waals surface area contributed by atoms with Gasteiger partial charge in [0.05, 0.1) is 6.04 Å². The van der Waals surface area contributed by atoms with Crippen molar-refractivity contribution < 1.29 is 9.32 Å². The summed E-state index contributed by atoms with van der Waals surface area (Å²) in [5.41, 5.74) is 6.36. The van der Waals surface area contributed by atoms with Gasteiger partial charge in [-0.3, -0.25) is 4.79 Å². The van der Waals surface area contributed by atoms with Gasteiger partial charge in [0.2, 0.25) is 11.8 Å². The monoisotopic (exact) mass is 318 g/mol. The molecule has 0 radical (unpaired) electrons. The van der Waals surface area contributed by atoms with Crippen LogP contribution in [0.1, 0.15) is 62.7 Å². The molecule has 3 atom stereocenters. The van der Waals surface area contributed by atoms with E-state index in [2.05, 4.69) is 10.1 Å². The van der Waals surface area contributed by atoms with Crippen molar-refractivity contribution in [1.82, 2.24) is 15.0 Å². The molecule has 6 heteroatoms. The van der Waals surface area contributed by atoms with Gasteiger partial charge in [-0.25, -0.2) is 0 Å². The van der Waals surface area contributed by atoms with Crippen LogP contribution in [0.2, 0.25) is 0 Å². The second kappa shape index (κ2) is 5.89. The maximum atomic E-state index is 13.1. The van der Waals surface area contributed by atoms with Crippen LogP contribution in [0.4, 0.5) is 0 Å². The van der Waals surface area contributed by atoms with E-state index in [0.29, 0.717) is 35.5 Å². The Morgan fingerprint density at radius 1 is 1.22 bits per heavy atom. The topological polar surface area (TPSA) is 85.2 Å². The fourth-order valence-corrected chi connectivity index (χ4v) is 4.97. The van der Waals surface area contributed by atoms with E-state index in [1.54, 1.807) is 6.92 Å². The third-order valence-corrected chi connectivity index (χ3v) is 6.14. The summed E-state index contributed by atoms with van der Waals surface area (Å²) in [5.74, 6) is 2.73. The van der Waals surface area contributed by atoms with E-state index in [0.717, 1.165) is 32.2 Å². The summed E-state index contributed by atoms with van der Waals surface area (Å²) in [6.07, 6.45) is 7.53. The number of rotatable bonds is 2. The van der Waals surface area contributed by atoms with Crippen molar-refractivity contribution >= 4 is 5.91 Å². The molecular formula is C17H26N4O2. The molecule has 2 N–H and O–H groups in total. The van der Waals surface area contributed by atoms with E-state index in [-0.39, 0.29) is 12.0 Å². The fourth-order valence-electron chi connectivity index (χ4n) is 4.97. The lowest BCUT2D eigenvalue weighted by Gasteiger charge is -2.44. The number of carbonyl (C=O) groups excluding carboxylic acids is 1. The van der Waals surface area contributed by atoms with Gasteiger partial charge in [-0.15, -0.1) is 0 Å². The van der Waals surface area contributed by atoms with Crippen LogP contribution in [0.15, 0.2) is 4.52 Å². The molecule has 3 aliphatic rings. The van der Waals surface area contributed by atoms with Crippen molar-refractivity contribution in [1.29, 1.82) is 0 Å². The number of hydrogen-bond acceptors (Lipinski definition) is 5. The normalized spacial score (nSPS) is 37.1. The fraction of sp³-hybridized carbons (Fsp3) is 0.824. The number of amides is 1. The van der Waals surface area contributed by atoms with Gasteiger partial charge >= 0.3 is 0 Å². The SMILES string of the molecule is Cc1nc(C2CCCN2C(=O)C2CC3CCCC(C2)C3N)no1. The molecule has 6 nitrogen and oxygen atoms in total. The van der Waals surface area contributed by atoms with Crippen LogP contribution in [0, 0.1) is 24.7 Å². The van der Waals surface area contributed by atoms with Crippen molar-refractivity contribution in [2.75, 3.05) is 6.54 Å². The summed E-state index contributed by atoms with van der Waals surface area (Å²) in [7, 11) is 0. The predicted octanol–water partition coefficient (Wildman–Crippen LogP) is 2.20. The first-order valence-electron chi connectivity index (χ1n) is 8.99. The largest absolute Gasteiger partial charge is 0.340 e. The maximum absolute atomic E-state index is 13.1. The molecule has 2 aliphatic carbocycles. The minimum atomic E-state index is -0.00427. The Morgan fingerprint density at radius 2 is 1.96 bits per heavy atom. The minimum Gasteiger partial charge on any atom is -0.340 e. The average Bonchev–Trinajstić information content (AvgIpc) is 3.14. The van der Waals surface area contributed by atoms with Crippen LogP contribution >= 0.6 is 0 Å². The van der Waals surface area contributed by atoms with Gasteiger partial charge in [0.1, 0.15) is 0 Å². The first-order valence-corrected chi connectivity index (χ1v) is 8.99. The molecule has 1 saturated heterocycles. The highest BCUT2D eigenvalue weighted by atomic mass is 16.5. The standard InChI is InChI=1S/C17H26N4O2/c1-10-19-16(20-23-10)14-6-3-7-21(14)17(22)13-8-11-4-2-5-12(9-13)15(11)18/h11-15H,2-9,18H2,1H3. The molecule has 2 bridgehead atoms. The van der Waals surface area contributed by atoms with Crippen LogP contribution in [0.3, 0.4) is 0 Å². The molecule has 3 fully saturated rings. The van der Waals surface area contributed by atoms with Crippen LogP contribution in [-0.4, -0.2) is 33.5 Å². The molecule has 126 valence electrons. The summed E-state index contributed by atoms with van der Waals surface area (Å²) < 4.78 is 5.11. The van der Waals surface area contributed by atoms with Gasteiger partial charge in [0.15, 0.2) is 5.82 Å². The first-order chi connectivity index (χ1) is 11.1. The number of nitrogens with zero attached hydrogens (tertiary/aromatic N) is 3. The molecule has 1 aliphatic heterocycles. The summed E-state index contributed by atoms with van der Waals surface area (Å²) in [6.45, 7) is 2.61. The Morgan fingerprint density at radius 3 is 2.61 bits per heavy atom. The minimum absolute atomic E-state index is 0.00427. The summed E-state index contributed by atoms with van der Waals surface area (Å²) in [4.78, 5) is 19.5. The molecule has 3 unspecified atom stereocenters. The maximum Gasteiger partial charge on any atom is 0.226 e. The molecule has 1 aromatic heterocycles. The molecule has 0 aromatic carbocycles. The molecule has 1 amide bonds. The Labute approximate surface area is 136 Å². The lowest BCUT2D eigenvalue weighted by Crippen LogP contribution is -2.49. The third kappa shape index (κ3) is 2.67. The Bertz CT molecular complexity index is 573. The van der Waals surface area contributed by atoms with Gasteiger partial charge in [-0.2, -0.15) is 4.98 Å². The lowest BCUT2D eigenvalue weighted by atomic mass is 9.65.